The predicted octanol–water partition coefficient (Wildman–Crippen LogP) is 5.22. The van der Waals surface area contributed by atoms with Crippen molar-refractivity contribution in [3.05, 3.63) is 144 Å². The van der Waals surface area contributed by atoms with E-state index >= 15 is 0 Å². The molecule has 0 spiro atoms. The molecular formula is C34H34N4O2. The van der Waals surface area contributed by atoms with Gasteiger partial charge in [0.05, 0.1) is 31.0 Å². The van der Waals surface area contributed by atoms with E-state index in [2.05, 4.69) is 64.2 Å². The van der Waals surface area contributed by atoms with Gasteiger partial charge in [-0.1, -0.05) is 127 Å². The Morgan fingerprint density at radius 2 is 1.32 bits per heavy atom. The fraction of sp³-hybridized carbons (Fsp3) is 0.235. The van der Waals surface area contributed by atoms with Gasteiger partial charge in [-0.15, -0.1) is 5.10 Å². The van der Waals surface area contributed by atoms with Crippen LogP contribution in [0.15, 0.2) is 121 Å². The van der Waals surface area contributed by atoms with Gasteiger partial charge in [0.2, 0.25) is 0 Å². The Bertz CT molecular complexity index is 1390. The second kappa shape index (κ2) is 12.0. The monoisotopic (exact) mass is 530 g/mol. The fourth-order valence-electron chi connectivity index (χ4n) is 5.69. The molecule has 4 aromatic carbocycles. The predicted molar refractivity (Wildman–Crippen MR) is 157 cm³/mol. The SMILES string of the molecule is O[C@H](COC(c1ccccc1)(c1ccccc1)c1ccccc1)[C@H]1Cn2nnc(-c3ccccc3)c2CCCN1. The molecule has 1 aliphatic rings. The second-order valence-corrected chi connectivity index (χ2v) is 10.3. The number of hydrogen-bond acceptors (Lipinski definition) is 5. The molecule has 0 aliphatic carbocycles. The number of aliphatic hydroxyl groups is 1. The standard InChI is InChI=1S/C34H34N4O2/c39-32(30-24-38-31(22-13-23-35-30)33(36-37-38)26-14-5-1-6-15-26)25-40-34(27-16-7-2-8-17-27,28-18-9-3-10-19-28)29-20-11-4-12-21-29/h1-12,14-21,30,32,35,39H,13,22-25H2/t30-,32-/m1/s1. The second-order valence-electron chi connectivity index (χ2n) is 10.3. The summed E-state index contributed by atoms with van der Waals surface area (Å²) < 4.78 is 8.85. The lowest BCUT2D eigenvalue weighted by Gasteiger charge is -2.37. The molecule has 0 saturated heterocycles. The summed E-state index contributed by atoms with van der Waals surface area (Å²) in [6.07, 6.45) is 1.04. The van der Waals surface area contributed by atoms with Gasteiger partial charge < -0.3 is 15.2 Å². The van der Waals surface area contributed by atoms with Gasteiger partial charge in [-0.3, -0.25) is 0 Å². The average molecular weight is 531 g/mol. The van der Waals surface area contributed by atoms with Gasteiger partial charge in [0.1, 0.15) is 11.3 Å². The van der Waals surface area contributed by atoms with Crippen LogP contribution >= 0.6 is 0 Å². The quantitative estimate of drug-likeness (QED) is 0.269. The maximum Gasteiger partial charge on any atom is 0.143 e. The topological polar surface area (TPSA) is 72.2 Å². The van der Waals surface area contributed by atoms with Crippen molar-refractivity contribution in [1.29, 1.82) is 0 Å². The third kappa shape index (κ3) is 5.21. The normalized spacial score (nSPS) is 16.5. The Kier molecular flexibility index (Phi) is 7.82. The van der Waals surface area contributed by atoms with E-state index < -0.39 is 11.7 Å². The largest absolute Gasteiger partial charge is 0.389 e. The van der Waals surface area contributed by atoms with E-state index in [1.54, 1.807) is 0 Å². The van der Waals surface area contributed by atoms with Crippen LogP contribution < -0.4 is 5.32 Å². The van der Waals surface area contributed by atoms with E-state index in [0.29, 0.717) is 6.54 Å². The van der Waals surface area contributed by atoms with Crippen LogP contribution in [0, 0.1) is 0 Å². The van der Waals surface area contributed by atoms with Crippen LogP contribution in [0.2, 0.25) is 0 Å². The zero-order chi connectivity index (χ0) is 27.2. The number of nitrogens with one attached hydrogen (secondary N) is 1. The van der Waals surface area contributed by atoms with Crippen molar-refractivity contribution in [2.45, 2.75) is 37.1 Å². The molecular weight excluding hydrogens is 496 g/mol. The molecule has 40 heavy (non-hydrogen) atoms. The lowest BCUT2D eigenvalue weighted by molar-refractivity contribution is -0.0508. The van der Waals surface area contributed by atoms with Gasteiger partial charge in [-0.25, -0.2) is 4.68 Å². The number of fused-ring (bicyclic) bond motifs is 1. The summed E-state index contributed by atoms with van der Waals surface area (Å²) in [5.41, 5.74) is 5.24. The lowest BCUT2D eigenvalue weighted by atomic mass is 9.80. The summed E-state index contributed by atoms with van der Waals surface area (Å²) in [5.74, 6) is 0. The molecule has 0 saturated carbocycles. The molecule has 0 fully saturated rings. The summed E-state index contributed by atoms with van der Waals surface area (Å²) in [4.78, 5) is 0. The molecule has 0 amide bonds. The Morgan fingerprint density at radius 3 is 1.88 bits per heavy atom. The smallest absolute Gasteiger partial charge is 0.143 e. The maximum absolute atomic E-state index is 11.6. The van der Waals surface area contributed by atoms with Gasteiger partial charge in [0.15, 0.2) is 0 Å². The zero-order valence-corrected chi connectivity index (χ0v) is 22.4. The van der Waals surface area contributed by atoms with E-state index in [1.165, 1.54) is 0 Å². The van der Waals surface area contributed by atoms with E-state index in [0.717, 1.165) is 53.0 Å². The van der Waals surface area contributed by atoms with Crippen molar-refractivity contribution in [3.8, 4) is 11.3 Å². The van der Waals surface area contributed by atoms with Crippen LogP contribution in [0.5, 0.6) is 0 Å². The molecule has 2 atom stereocenters. The summed E-state index contributed by atoms with van der Waals surface area (Å²) in [6, 6.07) is 40.7. The van der Waals surface area contributed by atoms with Crippen molar-refractivity contribution in [1.82, 2.24) is 20.3 Å². The van der Waals surface area contributed by atoms with Crippen LogP contribution in [0.3, 0.4) is 0 Å². The van der Waals surface area contributed by atoms with Gasteiger partial charge in [-0.05, 0) is 36.1 Å². The van der Waals surface area contributed by atoms with Gasteiger partial charge in [0.25, 0.3) is 0 Å². The van der Waals surface area contributed by atoms with Crippen molar-refractivity contribution in [2.24, 2.45) is 0 Å². The highest BCUT2D eigenvalue weighted by molar-refractivity contribution is 5.61. The van der Waals surface area contributed by atoms with Crippen LogP contribution in [0.4, 0.5) is 0 Å². The summed E-state index contributed by atoms with van der Waals surface area (Å²) in [6.45, 7) is 1.43. The molecule has 2 N–H and O–H groups in total. The first-order chi connectivity index (χ1) is 19.8. The highest BCUT2D eigenvalue weighted by atomic mass is 16.5. The molecule has 0 unspecified atom stereocenters. The highest BCUT2D eigenvalue weighted by Crippen LogP contribution is 2.40. The lowest BCUT2D eigenvalue weighted by Crippen LogP contribution is -2.48. The van der Waals surface area contributed by atoms with Crippen LogP contribution in [0.1, 0.15) is 28.8 Å². The Morgan fingerprint density at radius 1 is 0.800 bits per heavy atom. The minimum absolute atomic E-state index is 0.131. The third-order valence-corrected chi connectivity index (χ3v) is 7.73. The molecule has 5 aromatic rings. The first kappa shape index (κ1) is 26.1. The number of rotatable bonds is 8. The van der Waals surface area contributed by atoms with E-state index in [9.17, 15) is 5.11 Å². The third-order valence-electron chi connectivity index (χ3n) is 7.73. The Hall–Kier alpha value is -4.10. The molecule has 1 aliphatic heterocycles. The summed E-state index contributed by atoms with van der Waals surface area (Å²) in [7, 11) is 0. The number of nitrogens with zero attached hydrogens (tertiary/aromatic N) is 3. The van der Waals surface area contributed by atoms with Gasteiger partial charge >= 0.3 is 0 Å². The molecule has 6 rings (SSSR count). The minimum Gasteiger partial charge on any atom is -0.389 e. The van der Waals surface area contributed by atoms with E-state index in [-0.39, 0.29) is 12.6 Å². The van der Waals surface area contributed by atoms with Gasteiger partial charge in [0, 0.05) is 5.56 Å². The van der Waals surface area contributed by atoms with Crippen LogP contribution in [-0.2, 0) is 23.3 Å². The first-order valence-corrected chi connectivity index (χ1v) is 14.0. The number of aliphatic hydroxyl groups excluding tert-OH is 1. The fourth-order valence-corrected chi connectivity index (χ4v) is 5.69. The van der Waals surface area contributed by atoms with Crippen molar-refractivity contribution in [3.63, 3.8) is 0 Å². The molecule has 1 aromatic heterocycles. The Labute approximate surface area is 235 Å². The first-order valence-electron chi connectivity index (χ1n) is 14.0. The van der Waals surface area contributed by atoms with Crippen LogP contribution in [0.25, 0.3) is 11.3 Å². The molecule has 2 heterocycles. The molecule has 202 valence electrons. The van der Waals surface area contributed by atoms with E-state index in [4.69, 9.17) is 4.74 Å². The van der Waals surface area contributed by atoms with Crippen molar-refractivity contribution < 1.29 is 9.84 Å². The molecule has 0 radical (unpaired) electrons. The van der Waals surface area contributed by atoms with Crippen molar-refractivity contribution >= 4 is 0 Å². The Balaban J connectivity index is 1.31. The van der Waals surface area contributed by atoms with Crippen molar-refractivity contribution in [2.75, 3.05) is 13.2 Å². The highest BCUT2D eigenvalue weighted by Gasteiger charge is 2.39. The maximum atomic E-state index is 11.6. The number of benzene rings is 4. The molecule has 6 nitrogen and oxygen atoms in total. The average Bonchev–Trinajstić information content (AvgIpc) is 3.40. The van der Waals surface area contributed by atoms with Gasteiger partial charge in [-0.2, -0.15) is 0 Å². The van der Waals surface area contributed by atoms with E-state index in [1.807, 2.05) is 77.5 Å². The minimum atomic E-state index is -0.884. The van der Waals surface area contributed by atoms with Crippen LogP contribution in [-0.4, -0.2) is 45.4 Å². The number of ether oxygens (including phenoxy) is 1. The zero-order valence-electron chi connectivity index (χ0n) is 22.4. The molecule has 0 bridgehead atoms. The molecule has 6 heteroatoms. The summed E-state index contributed by atoms with van der Waals surface area (Å²) >= 11 is 0. The number of aromatic nitrogens is 3. The summed E-state index contributed by atoms with van der Waals surface area (Å²) in [5, 5.41) is 24.2. The number of hydrogen-bond donors (Lipinski definition) is 2.